The van der Waals surface area contributed by atoms with Gasteiger partial charge in [0.15, 0.2) is 0 Å². The molecule has 23 heavy (non-hydrogen) atoms. The first kappa shape index (κ1) is 15.3. The van der Waals surface area contributed by atoms with Gasteiger partial charge in [-0.15, -0.1) is 11.3 Å². The Hall–Kier alpha value is -1.27. The minimum Gasteiger partial charge on any atom is -0.345 e. The number of hydrogen-bond donors (Lipinski definition) is 0. The molecule has 4 nitrogen and oxygen atoms in total. The lowest BCUT2D eigenvalue weighted by atomic mass is 10.1. The van der Waals surface area contributed by atoms with E-state index in [0.29, 0.717) is 13.2 Å². The molecule has 0 N–H and O–H groups in total. The van der Waals surface area contributed by atoms with E-state index in [1.165, 1.54) is 43.5 Å². The molecule has 0 spiro atoms. The highest BCUT2D eigenvalue weighted by Gasteiger charge is 2.21. The summed E-state index contributed by atoms with van der Waals surface area (Å²) in [5.41, 5.74) is 3.44. The van der Waals surface area contributed by atoms with Gasteiger partial charge in [0.05, 0.1) is 13.2 Å². The number of likely N-dealkylation sites (tertiary alicyclic amines) is 1. The lowest BCUT2D eigenvalue weighted by Gasteiger charge is -2.26. The Morgan fingerprint density at radius 1 is 1.04 bits per heavy atom. The van der Waals surface area contributed by atoms with Crippen molar-refractivity contribution in [2.24, 2.45) is 0 Å². The van der Waals surface area contributed by atoms with Crippen LogP contribution in [0.4, 0.5) is 0 Å². The molecule has 4 rings (SSSR count). The van der Waals surface area contributed by atoms with Crippen LogP contribution in [-0.2, 0) is 16.0 Å². The first-order chi connectivity index (χ1) is 11.4. The quantitative estimate of drug-likeness (QED) is 0.853. The first-order valence-corrected chi connectivity index (χ1v) is 9.27. The topological polar surface area (TPSA) is 34.6 Å². The van der Waals surface area contributed by atoms with Gasteiger partial charge < -0.3 is 9.47 Å². The summed E-state index contributed by atoms with van der Waals surface area (Å²) in [5.74, 6) is 0. The molecule has 0 aliphatic carbocycles. The Balaban J connectivity index is 1.43. The zero-order chi connectivity index (χ0) is 15.5. The van der Waals surface area contributed by atoms with Crippen molar-refractivity contribution in [1.82, 2.24) is 9.88 Å². The number of benzene rings is 1. The molecule has 5 heteroatoms. The SMILES string of the molecule is c1cc(-c2nc(C3OCCO3)cs2)ccc1CN1CCCCC1. The Morgan fingerprint density at radius 2 is 1.78 bits per heavy atom. The Kier molecular flexibility index (Phi) is 4.71. The van der Waals surface area contributed by atoms with Crippen LogP contribution in [0.1, 0.15) is 36.8 Å². The fraction of sp³-hybridized carbons (Fsp3) is 0.500. The average molecular weight is 330 g/mol. The molecule has 0 radical (unpaired) electrons. The summed E-state index contributed by atoms with van der Waals surface area (Å²) in [4.78, 5) is 7.22. The molecule has 1 aromatic carbocycles. The fourth-order valence-electron chi connectivity index (χ4n) is 3.18. The van der Waals surface area contributed by atoms with E-state index < -0.39 is 0 Å². The monoisotopic (exact) mass is 330 g/mol. The molecule has 0 atom stereocenters. The van der Waals surface area contributed by atoms with E-state index in [2.05, 4.69) is 34.1 Å². The Labute approximate surface area is 141 Å². The molecule has 122 valence electrons. The summed E-state index contributed by atoms with van der Waals surface area (Å²) in [6.07, 6.45) is 3.78. The van der Waals surface area contributed by atoms with E-state index in [9.17, 15) is 0 Å². The van der Waals surface area contributed by atoms with Crippen molar-refractivity contribution in [3.63, 3.8) is 0 Å². The van der Waals surface area contributed by atoms with Gasteiger partial charge in [-0.2, -0.15) is 0 Å². The van der Waals surface area contributed by atoms with Crippen LogP contribution < -0.4 is 0 Å². The number of piperidine rings is 1. The van der Waals surface area contributed by atoms with Crippen molar-refractivity contribution in [1.29, 1.82) is 0 Å². The second-order valence-electron chi connectivity index (χ2n) is 6.18. The molecule has 2 aromatic rings. The number of rotatable bonds is 4. The molecule has 2 aliphatic rings. The maximum absolute atomic E-state index is 5.51. The van der Waals surface area contributed by atoms with Crippen LogP contribution in [0.5, 0.6) is 0 Å². The normalized spacial score (nSPS) is 20.2. The lowest BCUT2D eigenvalue weighted by Crippen LogP contribution is -2.28. The van der Waals surface area contributed by atoms with E-state index >= 15 is 0 Å². The number of hydrogen-bond acceptors (Lipinski definition) is 5. The van der Waals surface area contributed by atoms with Crippen molar-refractivity contribution in [3.8, 4) is 10.6 Å². The van der Waals surface area contributed by atoms with E-state index in [4.69, 9.17) is 9.47 Å². The second kappa shape index (κ2) is 7.09. The molecule has 3 heterocycles. The van der Waals surface area contributed by atoms with Crippen LogP contribution in [-0.4, -0.2) is 36.2 Å². The highest BCUT2D eigenvalue weighted by molar-refractivity contribution is 7.13. The number of thiazole rings is 1. The summed E-state index contributed by atoms with van der Waals surface area (Å²) in [6, 6.07) is 8.82. The van der Waals surface area contributed by atoms with Crippen LogP contribution in [0.3, 0.4) is 0 Å². The highest BCUT2D eigenvalue weighted by atomic mass is 32.1. The van der Waals surface area contributed by atoms with Crippen LogP contribution in [0.15, 0.2) is 29.6 Å². The molecule has 2 aliphatic heterocycles. The maximum atomic E-state index is 5.51. The van der Waals surface area contributed by atoms with E-state index in [-0.39, 0.29) is 6.29 Å². The van der Waals surface area contributed by atoms with Gasteiger partial charge in [0.2, 0.25) is 6.29 Å². The largest absolute Gasteiger partial charge is 0.345 e. The molecule has 2 fully saturated rings. The zero-order valence-corrected chi connectivity index (χ0v) is 14.1. The summed E-state index contributed by atoms with van der Waals surface area (Å²) in [5, 5.41) is 3.07. The van der Waals surface area contributed by atoms with Gasteiger partial charge in [-0.3, -0.25) is 4.90 Å². The molecule has 0 bridgehead atoms. The van der Waals surface area contributed by atoms with Gasteiger partial charge in [0, 0.05) is 17.5 Å². The third-order valence-electron chi connectivity index (χ3n) is 4.44. The molecule has 0 unspecified atom stereocenters. The molecule has 0 amide bonds. The second-order valence-corrected chi connectivity index (χ2v) is 7.04. The van der Waals surface area contributed by atoms with Gasteiger partial charge in [-0.05, 0) is 31.5 Å². The lowest BCUT2D eigenvalue weighted by molar-refractivity contribution is -0.0468. The zero-order valence-electron chi connectivity index (χ0n) is 13.2. The number of nitrogens with zero attached hydrogens (tertiary/aromatic N) is 2. The predicted molar refractivity (Wildman–Crippen MR) is 91.3 cm³/mol. The van der Waals surface area contributed by atoms with E-state index in [0.717, 1.165) is 17.2 Å². The minimum atomic E-state index is -0.279. The Morgan fingerprint density at radius 3 is 2.52 bits per heavy atom. The third-order valence-corrected chi connectivity index (χ3v) is 5.35. The number of ether oxygens (including phenoxy) is 2. The summed E-state index contributed by atoms with van der Waals surface area (Å²) in [6.45, 7) is 4.84. The smallest absolute Gasteiger partial charge is 0.202 e. The average Bonchev–Trinajstić information content (AvgIpc) is 3.28. The van der Waals surface area contributed by atoms with Crippen LogP contribution in [0.25, 0.3) is 10.6 Å². The van der Waals surface area contributed by atoms with E-state index in [1.807, 2.05) is 5.38 Å². The Bertz CT molecular complexity index is 629. The van der Waals surface area contributed by atoms with Gasteiger partial charge in [-0.25, -0.2) is 4.98 Å². The van der Waals surface area contributed by atoms with Gasteiger partial charge in [0.25, 0.3) is 0 Å². The molecular weight excluding hydrogens is 308 g/mol. The van der Waals surface area contributed by atoms with Crippen molar-refractivity contribution in [3.05, 3.63) is 40.9 Å². The summed E-state index contributed by atoms with van der Waals surface area (Å²) in [7, 11) is 0. The number of aromatic nitrogens is 1. The predicted octanol–water partition coefficient (Wildman–Crippen LogP) is 3.84. The molecule has 0 saturated carbocycles. The van der Waals surface area contributed by atoms with Gasteiger partial charge >= 0.3 is 0 Å². The summed E-state index contributed by atoms with van der Waals surface area (Å²) >= 11 is 1.65. The van der Waals surface area contributed by atoms with Crippen LogP contribution >= 0.6 is 11.3 Å². The van der Waals surface area contributed by atoms with E-state index in [1.54, 1.807) is 11.3 Å². The molecular formula is C18H22N2O2S. The standard InChI is InChI=1S/C18H22N2O2S/c1-2-8-20(9-3-1)12-14-4-6-15(7-5-14)17-19-16(13-23-17)18-21-10-11-22-18/h4-7,13,18H,1-3,8-12H2. The van der Waals surface area contributed by atoms with Crippen molar-refractivity contribution in [2.75, 3.05) is 26.3 Å². The summed E-state index contributed by atoms with van der Waals surface area (Å²) < 4.78 is 11.0. The van der Waals surface area contributed by atoms with Crippen molar-refractivity contribution < 1.29 is 9.47 Å². The van der Waals surface area contributed by atoms with Gasteiger partial charge in [0.1, 0.15) is 10.7 Å². The fourth-order valence-corrected chi connectivity index (χ4v) is 4.01. The van der Waals surface area contributed by atoms with Gasteiger partial charge in [-0.1, -0.05) is 30.7 Å². The maximum Gasteiger partial charge on any atom is 0.202 e. The third kappa shape index (κ3) is 3.63. The first-order valence-electron chi connectivity index (χ1n) is 8.39. The van der Waals surface area contributed by atoms with Crippen LogP contribution in [0.2, 0.25) is 0 Å². The van der Waals surface area contributed by atoms with Crippen LogP contribution in [0, 0.1) is 0 Å². The highest BCUT2D eigenvalue weighted by Crippen LogP contribution is 2.30. The van der Waals surface area contributed by atoms with Crippen molar-refractivity contribution in [2.45, 2.75) is 32.1 Å². The molecule has 2 saturated heterocycles. The molecule has 1 aromatic heterocycles. The van der Waals surface area contributed by atoms with Crippen molar-refractivity contribution >= 4 is 11.3 Å². The minimum absolute atomic E-state index is 0.279.